The van der Waals surface area contributed by atoms with E-state index in [-0.39, 0.29) is 5.82 Å². The molecule has 1 saturated carbocycles. The lowest BCUT2D eigenvalue weighted by Crippen LogP contribution is -2.26. The highest BCUT2D eigenvalue weighted by molar-refractivity contribution is 5.29. The second kappa shape index (κ2) is 6.74. The molecule has 0 saturated heterocycles. The van der Waals surface area contributed by atoms with Crippen molar-refractivity contribution in [2.75, 3.05) is 19.7 Å². The average molecular weight is 251 g/mol. The summed E-state index contributed by atoms with van der Waals surface area (Å²) in [4.78, 5) is 0. The Morgan fingerprint density at radius 3 is 2.89 bits per heavy atom. The summed E-state index contributed by atoms with van der Waals surface area (Å²) < 4.78 is 18.8. The SMILES string of the molecule is Cc1ccc(F)c(OCCNCC2CCCC2)c1. The number of aryl methyl sites for hydroxylation is 1. The van der Waals surface area contributed by atoms with Crippen molar-refractivity contribution in [2.45, 2.75) is 32.6 Å². The highest BCUT2D eigenvalue weighted by Gasteiger charge is 2.13. The second-order valence-corrected chi connectivity index (χ2v) is 5.14. The third kappa shape index (κ3) is 3.98. The van der Waals surface area contributed by atoms with E-state index in [2.05, 4.69) is 5.32 Å². The molecule has 18 heavy (non-hydrogen) atoms. The predicted octanol–water partition coefficient (Wildman–Crippen LogP) is 3.29. The Labute approximate surface area is 109 Å². The Morgan fingerprint density at radius 1 is 1.33 bits per heavy atom. The summed E-state index contributed by atoms with van der Waals surface area (Å²) in [7, 11) is 0. The van der Waals surface area contributed by atoms with Crippen LogP contribution in [0.15, 0.2) is 18.2 Å². The first-order valence-electron chi connectivity index (χ1n) is 6.85. The van der Waals surface area contributed by atoms with Crippen LogP contribution in [0.25, 0.3) is 0 Å². The van der Waals surface area contributed by atoms with Crippen LogP contribution in [0.3, 0.4) is 0 Å². The van der Waals surface area contributed by atoms with Gasteiger partial charge in [0.1, 0.15) is 6.61 Å². The molecule has 0 aliphatic heterocycles. The molecular formula is C15H22FNO. The fourth-order valence-corrected chi connectivity index (χ4v) is 2.48. The first kappa shape index (κ1) is 13.3. The summed E-state index contributed by atoms with van der Waals surface area (Å²) in [6, 6.07) is 4.95. The number of hydrogen-bond donors (Lipinski definition) is 1. The number of nitrogens with one attached hydrogen (secondary N) is 1. The van der Waals surface area contributed by atoms with Crippen LogP contribution in [-0.4, -0.2) is 19.7 Å². The molecule has 1 fully saturated rings. The van der Waals surface area contributed by atoms with Crippen molar-refractivity contribution in [1.82, 2.24) is 5.32 Å². The molecule has 2 rings (SSSR count). The maximum atomic E-state index is 13.4. The first-order chi connectivity index (χ1) is 8.75. The van der Waals surface area contributed by atoms with Crippen LogP contribution in [0.4, 0.5) is 4.39 Å². The number of ether oxygens (including phenoxy) is 1. The van der Waals surface area contributed by atoms with Gasteiger partial charge in [0, 0.05) is 6.54 Å². The molecule has 1 aromatic rings. The zero-order valence-corrected chi connectivity index (χ0v) is 11.0. The summed E-state index contributed by atoms with van der Waals surface area (Å²) in [6.07, 6.45) is 5.44. The Bertz CT molecular complexity index is 375. The van der Waals surface area contributed by atoms with E-state index in [0.717, 1.165) is 24.6 Å². The Hall–Kier alpha value is -1.09. The summed E-state index contributed by atoms with van der Waals surface area (Å²) >= 11 is 0. The van der Waals surface area contributed by atoms with Gasteiger partial charge in [0.25, 0.3) is 0 Å². The van der Waals surface area contributed by atoms with Gasteiger partial charge in [0.15, 0.2) is 11.6 Å². The zero-order chi connectivity index (χ0) is 12.8. The highest BCUT2D eigenvalue weighted by Crippen LogP contribution is 2.23. The molecular weight excluding hydrogens is 229 g/mol. The second-order valence-electron chi connectivity index (χ2n) is 5.14. The lowest BCUT2D eigenvalue weighted by atomic mass is 10.1. The molecule has 1 N–H and O–H groups in total. The molecule has 0 spiro atoms. The van der Waals surface area contributed by atoms with E-state index in [1.807, 2.05) is 6.92 Å². The van der Waals surface area contributed by atoms with E-state index < -0.39 is 0 Å². The van der Waals surface area contributed by atoms with E-state index in [1.165, 1.54) is 31.7 Å². The van der Waals surface area contributed by atoms with Crippen molar-refractivity contribution in [1.29, 1.82) is 0 Å². The Balaban J connectivity index is 1.64. The van der Waals surface area contributed by atoms with Crippen LogP contribution in [0.5, 0.6) is 5.75 Å². The Morgan fingerprint density at radius 2 is 2.11 bits per heavy atom. The van der Waals surface area contributed by atoms with E-state index in [0.29, 0.717) is 12.4 Å². The fraction of sp³-hybridized carbons (Fsp3) is 0.600. The molecule has 0 amide bonds. The van der Waals surface area contributed by atoms with E-state index in [4.69, 9.17) is 4.74 Å². The van der Waals surface area contributed by atoms with Crippen molar-refractivity contribution in [2.24, 2.45) is 5.92 Å². The smallest absolute Gasteiger partial charge is 0.165 e. The van der Waals surface area contributed by atoms with Gasteiger partial charge in [-0.15, -0.1) is 0 Å². The molecule has 0 heterocycles. The summed E-state index contributed by atoms with van der Waals surface area (Å²) in [5.41, 5.74) is 1.02. The quantitative estimate of drug-likeness (QED) is 0.783. The van der Waals surface area contributed by atoms with Gasteiger partial charge in [-0.2, -0.15) is 0 Å². The molecule has 0 radical (unpaired) electrons. The normalized spacial score (nSPS) is 16.1. The highest BCUT2D eigenvalue weighted by atomic mass is 19.1. The van der Waals surface area contributed by atoms with Crippen LogP contribution in [0.2, 0.25) is 0 Å². The monoisotopic (exact) mass is 251 g/mol. The zero-order valence-electron chi connectivity index (χ0n) is 11.0. The van der Waals surface area contributed by atoms with Gasteiger partial charge in [0.2, 0.25) is 0 Å². The van der Waals surface area contributed by atoms with Crippen LogP contribution < -0.4 is 10.1 Å². The number of halogens is 1. The molecule has 0 bridgehead atoms. The van der Waals surface area contributed by atoms with Crippen LogP contribution in [-0.2, 0) is 0 Å². The Kier molecular flexibility index (Phi) is 5.00. The molecule has 3 heteroatoms. The van der Waals surface area contributed by atoms with Gasteiger partial charge in [0.05, 0.1) is 0 Å². The minimum Gasteiger partial charge on any atom is -0.489 e. The molecule has 0 atom stereocenters. The molecule has 0 unspecified atom stereocenters. The third-order valence-electron chi connectivity index (χ3n) is 3.53. The number of hydrogen-bond acceptors (Lipinski definition) is 2. The van der Waals surface area contributed by atoms with E-state index in [1.54, 1.807) is 12.1 Å². The molecule has 2 nitrogen and oxygen atoms in total. The molecule has 1 aliphatic rings. The minimum atomic E-state index is -0.281. The lowest BCUT2D eigenvalue weighted by molar-refractivity contribution is 0.294. The maximum Gasteiger partial charge on any atom is 0.165 e. The van der Waals surface area contributed by atoms with E-state index >= 15 is 0 Å². The van der Waals surface area contributed by atoms with E-state index in [9.17, 15) is 4.39 Å². The average Bonchev–Trinajstić information content (AvgIpc) is 2.86. The van der Waals surface area contributed by atoms with Crippen molar-refractivity contribution in [3.8, 4) is 5.75 Å². The summed E-state index contributed by atoms with van der Waals surface area (Å²) in [6.45, 7) is 4.31. The maximum absolute atomic E-state index is 13.4. The van der Waals surface area contributed by atoms with Crippen LogP contribution >= 0.6 is 0 Å². The van der Waals surface area contributed by atoms with Crippen molar-refractivity contribution >= 4 is 0 Å². The van der Waals surface area contributed by atoms with Gasteiger partial charge in [-0.25, -0.2) is 4.39 Å². The van der Waals surface area contributed by atoms with Gasteiger partial charge in [-0.05, 0) is 49.9 Å². The first-order valence-corrected chi connectivity index (χ1v) is 6.85. The summed E-state index contributed by atoms with van der Waals surface area (Å²) in [5.74, 6) is 0.912. The van der Waals surface area contributed by atoms with Crippen molar-refractivity contribution in [3.63, 3.8) is 0 Å². The van der Waals surface area contributed by atoms with Gasteiger partial charge in [-0.1, -0.05) is 18.9 Å². The largest absolute Gasteiger partial charge is 0.489 e. The molecule has 0 aromatic heterocycles. The van der Waals surface area contributed by atoms with Crippen molar-refractivity contribution in [3.05, 3.63) is 29.6 Å². The third-order valence-corrected chi connectivity index (χ3v) is 3.53. The van der Waals surface area contributed by atoms with Crippen LogP contribution in [0.1, 0.15) is 31.2 Å². The molecule has 100 valence electrons. The molecule has 1 aliphatic carbocycles. The minimum absolute atomic E-state index is 0.281. The predicted molar refractivity (Wildman–Crippen MR) is 71.5 cm³/mol. The standard InChI is InChI=1S/C15H22FNO/c1-12-6-7-14(16)15(10-12)18-9-8-17-11-13-4-2-3-5-13/h6-7,10,13,17H,2-5,8-9,11H2,1H3. The summed E-state index contributed by atoms with van der Waals surface area (Å²) in [5, 5.41) is 3.38. The van der Waals surface area contributed by atoms with Gasteiger partial charge in [-0.3, -0.25) is 0 Å². The fourth-order valence-electron chi connectivity index (χ4n) is 2.48. The number of rotatable bonds is 6. The van der Waals surface area contributed by atoms with Gasteiger partial charge >= 0.3 is 0 Å². The van der Waals surface area contributed by atoms with Crippen LogP contribution in [0, 0.1) is 18.7 Å². The number of benzene rings is 1. The lowest BCUT2D eigenvalue weighted by Gasteiger charge is -2.11. The topological polar surface area (TPSA) is 21.3 Å². The van der Waals surface area contributed by atoms with Crippen molar-refractivity contribution < 1.29 is 9.13 Å². The molecule has 1 aromatic carbocycles. The van der Waals surface area contributed by atoms with Gasteiger partial charge < -0.3 is 10.1 Å².